The average Bonchev–Trinajstić information content (AvgIpc) is 2.43. The molecule has 0 saturated heterocycles. The molecule has 0 saturated carbocycles. The first-order chi connectivity index (χ1) is 9.50. The standard InChI is InChI=1S/C17H17BrO2/c1-11-8-9-12(2)17(13(11)3)20-10-16(19)14-6-4-5-7-15(14)18/h4-9H,10H2,1-3H3. The summed E-state index contributed by atoms with van der Waals surface area (Å²) in [5, 5.41) is 0. The second-order valence-corrected chi connectivity index (χ2v) is 5.70. The molecule has 0 fully saturated rings. The Kier molecular flexibility index (Phi) is 4.61. The lowest BCUT2D eigenvalue weighted by molar-refractivity contribution is 0.0920. The van der Waals surface area contributed by atoms with Gasteiger partial charge in [0.05, 0.1) is 0 Å². The number of carbonyl (C=O) groups excluding carboxylic acids is 1. The van der Waals surface area contributed by atoms with Crippen LogP contribution in [0, 0.1) is 20.8 Å². The minimum absolute atomic E-state index is 0.0298. The van der Waals surface area contributed by atoms with E-state index in [2.05, 4.69) is 22.0 Å². The smallest absolute Gasteiger partial charge is 0.201 e. The van der Waals surface area contributed by atoms with Gasteiger partial charge in [-0.25, -0.2) is 0 Å². The summed E-state index contributed by atoms with van der Waals surface area (Å²) < 4.78 is 6.55. The van der Waals surface area contributed by atoms with Crippen molar-refractivity contribution in [1.29, 1.82) is 0 Å². The number of rotatable bonds is 4. The van der Waals surface area contributed by atoms with Crippen LogP contribution in [0.2, 0.25) is 0 Å². The van der Waals surface area contributed by atoms with E-state index in [1.54, 1.807) is 6.07 Å². The average molecular weight is 333 g/mol. The molecular weight excluding hydrogens is 316 g/mol. The fourth-order valence-electron chi connectivity index (χ4n) is 2.05. The predicted molar refractivity (Wildman–Crippen MR) is 84.6 cm³/mol. The Hall–Kier alpha value is -1.61. The van der Waals surface area contributed by atoms with E-state index in [9.17, 15) is 4.79 Å². The van der Waals surface area contributed by atoms with Crippen molar-refractivity contribution in [2.75, 3.05) is 6.61 Å². The molecule has 2 nitrogen and oxygen atoms in total. The number of ketones is 1. The van der Waals surface area contributed by atoms with E-state index in [-0.39, 0.29) is 12.4 Å². The van der Waals surface area contributed by atoms with Crippen LogP contribution in [0.4, 0.5) is 0 Å². The van der Waals surface area contributed by atoms with E-state index in [0.29, 0.717) is 5.56 Å². The minimum atomic E-state index is -0.0298. The summed E-state index contributed by atoms with van der Waals surface area (Å²) in [6, 6.07) is 11.5. The van der Waals surface area contributed by atoms with Crippen LogP contribution in [0.5, 0.6) is 5.75 Å². The first-order valence-corrected chi connectivity index (χ1v) is 7.27. The van der Waals surface area contributed by atoms with E-state index < -0.39 is 0 Å². The highest BCUT2D eigenvalue weighted by atomic mass is 79.9. The van der Waals surface area contributed by atoms with Gasteiger partial charge in [-0.3, -0.25) is 4.79 Å². The number of aryl methyl sites for hydroxylation is 2. The molecule has 0 N–H and O–H groups in total. The molecule has 104 valence electrons. The number of halogens is 1. The monoisotopic (exact) mass is 332 g/mol. The van der Waals surface area contributed by atoms with Crippen molar-refractivity contribution in [1.82, 2.24) is 0 Å². The molecule has 3 heteroatoms. The van der Waals surface area contributed by atoms with Crippen LogP contribution in [0.3, 0.4) is 0 Å². The third-order valence-electron chi connectivity index (χ3n) is 3.40. The molecule has 0 amide bonds. The highest BCUT2D eigenvalue weighted by Crippen LogP contribution is 2.26. The minimum Gasteiger partial charge on any atom is -0.485 e. The molecule has 2 aromatic rings. The summed E-state index contributed by atoms with van der Waals surface area (Å²) in [5.74, 6) is 0.781. The van der Waals surface area contributed by atoms with Crippen LogP contribution in [-0.2, 0) is 0 Å². The van der Waals surface area contributed by atoms with Crippen LogP contribution in [-0.4, -0.2) is 12.4 Å². The van der Waals surface area contributed by atoms with Gasteiger partial charge in [-0.1, -0.05) is 46.3 Å². The molecule has 0 atom stereocenters. The Morgan fingerprint density at radius 2 is 1.70 bits per heavy atom. The molecule has 0 bridgehead atoms. The molecular formula is C17H17BrO2. The second-order valence-electron chi connectivity index (χ2n) is 4.85. The zero-order valence-electron chi connectivity index (χ0n) is 11.9. The highest BCUT2D eigenvalue weighted by molar-refractivity contribution is 9.10. The maximum Gasteiger partial charge on any atom is 0.201 e. The zero-order chi connectivity index (χ0) is 14.7. The Bertz CT molecular complexity index is 647. The van der Waals surface area contributed by atoms with Gasteiger partial charge in [-0.15, -0.1) is 0 Å². The summed E-state index contributed by atoms with van der Waals surface area (Å²) >= 11 is 3.39. The zero-order valence-corrected chi connectivity index (χ0v) is 13.5. The Morgan fingerprint density at radius 1 is 1.05 bits per heavy atom. The number of hydrogen-bond donors (Lipinski definition) is 0. The summed E-state index contributed by atoms with van der Waals surface area (Å²) in [7, 11) is 0. The third-order valence-corrected chi connectivity index (χ3v) is 4.09. The molecule has 0 aliphatic carbocycles. The molecule has 2 rings (SSSR count). The van der Waals surface area contributed by atoms with Crippen molar-refractivity contribution >= 4 is 21.7 Å². The largest absolute Gasteiger partial charge is 0.485 e. The van der Waals surface area contributed by atoms with Crippen molar-refractivity contribution in [2.24, 2.45) is 0 Å². The molecule has 0 radical (unpaired) electrons. The topological polar surface area (TPSA) is 26.3 Å². The Morgan fingerprint density at radius 3 is 2.40 bits per heavy atom. The second kappa shape index (κ2) is 6.23. The SMILES string of the molecule is Cc1ccc(C)c(OCC(=O)c2ccccc2Br)c1C. The van der Waals surface area contributed by atoms with E-state index in [4.69, 9.17) is 4.74 Å². The van der Waals surface area contributed by atoms with Gasteiger partial charge in [-0.05, 0) is 43.5 Å². The first kappa shape index (κ1) is 14.8. The van der Waals surface area contributed by atoms with Gasteiger partial charge >= 0.3 is 0 Å². The summed E-state index contributed by atoms with van der Waals surface area (Å²) in [6.07, 6.45) is 0. The van der Waals surface area contributed by atoms with Crippen molar-refractivity contribution in [3.63, 3.8) is 0 Å². The van der Waals surface area contributed by atoms with Gasteiger partial charge in [0.1, 0.15) is 5.75 Å². The number of hydrogen-bond acceptors (Lipinski definition) is 2. The normalized spacial score (nSPS) is 10.4. The fraction of sp³-hybridized carbons (Fsp3) is 0.235. The lowest BCUT2D eigenvalue weighted by Gasteiger charge is -2.13. The molecule has 0 aliphatic rings. The number of carbonyl (C=O) groups is 1. The van der Waals surface area contributed by atoms with Crippen LogP contribution >= 0.6 is 15.9 Å². The summed E-state index contributed by atoms with van der Waals surface area (Å²) in [6.45, 7) is 6.09. The molecule has 0 spiro atoms. The summed E-state index contributed by atoms with van der Waals surface area (Å²) in [5.41, 5.74) is 3.95. The van der Waals surface area contributed by atoms with Gasteiger partial charge in [0, 0.05) is 10.0 Å². The predicted octanol–water partition coefficient (Wildman–Crippen LogP) is 4.64. The Balaban J connectivity index is 2.16. The van der Waals surface area contributed by atoms with Crippen molar-refractivity contribution < 1.29 is 9.53 Å². The third kappa shape index (κ3) is 3.10. The van der Waals surface area contributed by atoms with Crippen molar-refractivity contribution in [2.45, 2.75) is 20.8 Å². The van der Waals surface area contributed by atoms with Gasteiger partial charge in [0.2, 0.25) is 5.78 Å². The van der Waals surface area contributed by atoms with E-state index in [1.807, 2.05) is 45.0 Å². The molecule has 0 heterocycles. The molecule has 2 aromatic carbocycles. The maximum absolute atomic E-state index is 12.2. The Labute approximate surface area is 127 Å². The highest BCUT2D eigenvalue weighted by Gasteiger charge is 2.12. The van der Waals surface area contributed by atoms with Crippen molar-refractivity contribution in [3.05, 3.63) is 63.1 Å². The van der Waals surface area contributed by atoms with Gasteiger partial charge < -0.3 is 4.74 Å². The molecule has 0 unspecified atom stereocenters. The van der Waals surface area contributed by atoms with Gasteiger partial charge in [-0.2, -0.15) is 0 Å². The van der Waals surface area contributed by atoms with Crippen molar-refractivity contribution in [3.8, 4) is 5.75 Å². The van der Waals surface area contributed by atoms with E-state index >= 15 is 0 Å². The van der Waals surface area contributed by atoms with Crippen LogP contribution in [0.1, 0.15) is 27.0 Å². The van der Waals surface area contributed by atoms with Gasteiger partial charge in [0.25, 0.3) is 0 Å². The number of Topliss-reactive ketones (excluding diaryl/α,β-unsaturated/α-hetero) is 1. The first-order valence-electron chi connectivity index (χ1n) is 6.48. The molecule has 0 aliphatic heterocycles. The fourth-order valence-corrected chi connectivity index (χ4v) is 2.56. The van der Waals surface area contributed by atoms with Crippen LogP contribution in [0.15, 0.2) is 40.9 Å². The molecule has 0 aromatic heterocycles. The van der Waals surface area contributed by atoms with Crippen LogP contribution in [0.25, 0.3) is 0 Å². The lowest BCUT2D eigenvalue weighted by atomic mass is 10.1. The summed E-state index contributed by atoms with van der Waals surface area (Å²) in [4.78, 5) is 12.2. The molecule has 20 heavy (non-hydrogen) atoms. The van der Waals surface area contributed by atoms with Crippen LogP contribution < -0.4 is 4.74 Å². The maximum atomic E-state index is 12.2. The quantitative estimate of drug-likeness (QED) is 0.762. The lowest BCUT2D eigenvalue weighted by Crippen LogP contribution is -2.13. The number of ether oxygens (including phenoxy) is 1. The number of benzene rings is 2. The van der Waals surface area contributed by atoms with E-state index in [0.717, 1.165) is 21.3 Å². The van der Waals surface area contributed by atoms with Gasteiger partial charge in [0.15, 0.2) is 6.61 Å². The van der Waals surface area contributed by atoms with E-state index in [1.165, 1.54) is 5.56 Å².